The van der Waals surface area contributed by atoms with Crippen molar-refractivity contribution in [2.24, 2.45) is 5.92 Å². The molecule has 3 unspecified atom stereocenters. The SMILES string of the molecule is CC(Cl)C(=O)NCC1CCC(O)C1. The van der Waals surface area contributed by atoms with Crippen molar-refractivity contribution < 1.29 is 9.90 Å². The van der Waals surface area contributed by atoms with E-state index < -0.39 is 5.38 Å². The summed E-state index contributed by atoms with van der Waals surface area (Å²) in [5.41, 5.74) is 0. The van der Waals surface area contributed by atoms with Crippen LogP contribution in [0.2, 0.25) is 0 Å². The van der Waals surface area contributed by atoms with E-state index in [0.717, 1.165) is 19.3 Å². The molecule has 0 spiro atoms. The van der Waals surface area contributed by atoms with E-state index in [2.05, 4.69) is 5.32 Å². The third-order valence-electron chi connectivity index (χ3n) is 2.44. The molecule has 1 saturated carbocycles. The van der Waals surface area contributed by atoms with E-state index in [1.165, 1.54) is 0 Å². The molecule has 1 amide bonds. The highest BCUT2D eigenvalue weighted by Crippen LogP contribution is 2.24. The lowest BCUT2D eigenvalue weighted by Gasteiger charge is -2.11. The molecule has 0 radical (unpaired) electrons. The van der Waals surface area contributed by atoms with E-state index in [1.807, 2.05) is 0 Å². The molecule has 3 nitrogen and oxygen atoms in total. The summed E-state index contributed by atoms with van der Waals surface area (Å²) in [6, 6.07) is 0. The van der Waals surface area contributed by atoms with E-state index in [-0.39, 0.29) is 12.0 Å². The fourth-order valence-electron chi connectivity index (χ4n) is 1.62. The predicted molar refractivity (Wildman–Crippen MR) is 51.7 cm³/mol. The zero-order valence-corrected chi connectivity index (χ0v) is 8.55. The van der Waals surface area contributed by atoms with Gasteiger partial charge in [-0.1, -0.05) is 0 Å². The van der Waals surface area contributed by atoms with Gasteiger partial charge < -0.3 is 10.4 Å². The third kappa shape index (κ3) is 3.53. The lowest BCUT2D eigenvalue weighted by molar-refractivity contribution is -0.120. The lowest BCUT2D eigenvalue weighted by atomic mass is 10.1. The maximum atomic E-state index is 11.1. The van der Waals surface area contributed by atoms with Crippen LogP contribution >= 0.6 is 11.6 Å². The normalized spacial score (nSPS) is 30.1. The van der Waals surface area contributed by atoms with Crippen molar-refractivity contribution in [3.8, 4) is 0 Å². The Kier molecular flexibility index (Phi) is 4.00. The molecule has 76 valence electrons. The Labute approximate surface area is 83.5 Å². The molecule has 13 heavy (non-hydrogen) atoms. The zero-order chi connectivity index (χ0) is 9.84. The van der Waals surface area contributed by atoms with Crippen molar-refractivity contribution in [3.63, 3.8) is 0 Å². The Morgan fingerprint density at radius 2 is 2.38 bits per heavy atom. The van der Waals surface area contributed by atoms with Gasteiger partial charge in [0.15, 0.2) is 0 Å². The minimum Gasteiger partial charge on any atom is -0.393 e. The lowest BCUT2D eigenvalue weighted by Crippen LogP contribution is -2.33. The summed E-state index contributed by atoms with van der Waals surface area (Å²) < 4.78 is 0. The topological polar surface area (TPSA) is 49.3 Å². The minimum atomic E-state index is -0.466. The molecule has 1 rings (SSSR count). The minimum absolute atomic E-state index is 0.122. The highest BCUT2D eigenvalue weighted by atomic mass is 35.5. The molecule has 0 aromatic carbocycles. The van der Waals surface area contributed by atoms with Crippen LogP contribution in [-0.2, 0) is 4.79 Å². The van der Waals surface area contributed by atoms with Crippen molar-refractivity contribution in [2.45, 2.75) is 37.7 Å². The molecule has 0 aromatic rings. The van der Waals surface area contributed by atoms with Gasteiger partial charge in [-0.05, 0) is 32.1 Å². The van der Waals surface area contributed by atoms with E-state index >= 15 is 0 Å². The second-order valence-electron chi connectivity index (χ2n) is 3.69. The maximum absolute atomic E-state index is 11.1. The molecule has 0 bridgehead atoms. The number of carbonyl (C=O) groups excluding carboxylic acids is 1. The van der Waals surface area contributed by atoms with E-state index in [9.17, 15) is 9.90 Å². The van der Waals surface area contributed by atoms with Gasteiger partial charge in [-0.25, -0.2) is 0 Å². The number of hydrogen-bond donors (Lipinski definition) is 2. The van der Waals surface area contributed by atoms with Gasteiger partial charge >= 0.3 is 0 Å². The molecule has 2 N–H and O–H groups in total. The average Bonchev–Trinajstić information content (AvgIpc) is 2.47. The number of aliphatic hydroxyl groups excluding tert-OH is 1. The number of hydrogen-bond acceptors (Lipinski definition) is 2. The number of halogens is 1. The van der Waals surface area contributed by atoms with Crippen LogP contribution in [0.5, 0.6) is 0 Å². The second-order valence-corrected chi connectivity index (χ2v) is 4.35. The van der Waals surface area contributed by atoms with Crippen molar-refractivity contribution in [2.75, 3.05) is 6.54 Å². The molecule has 3 atom stereocenters. The quantitative estimate of drug-likeness (QED) is 0.673. The number of carbonyl (C=O) groups is 1. The molecule has 0 heterocycles. The Balaban J connectivity index is 2.16. The van der Waals surface area contributed by atoms with Gasteiger partial charge in [0.2, 0.25) is 5.91 Å². The van der Waals surface area contributed by atoms with Crippen LogP contribution in [-0.4, -0.2) is 29.0 Å². The van der Waals surface area contributed by atoms with Crippen LogP contribution in [0.15, 0.2) is 0 Å². The van der Waals surface area contributed by atoms with Crippen molar-refractivity contribution in [1.82, 2.24) is 5.32 Å². The molecular weight excluding hydrogens is 190 g/mol. The molecular formula is C9H16ClNO2. The second kappa shape index (κ2) is 4.82. The summed E-state index contributed by atoms with van der Waals surface area (Å²) in [7, 11) is 0. The van der Waals surface area contributed by atoms with Crippen molar-refractivity contribution in [1.29, 1.82) is 0 Å². The van der Waals surface area contributed by atoms with Crippen LogP contribution < -0.4 is 5.32 Å². The fourth-order valence-corrected chi connectivity index (χ4v) is 1.70. The Hall–Kier alpha value is -0.280. The summed E-state index contributed by atoms with van der Waals surface area (Å²) in [6.45, 7) is 2.30. The highest BCUT2D eigenvalue weighted by molar-refractivity contribution is 6.30. The van der Waals surface area contributed by atoms with Crippen LogP contribution in [0.3, 0.4) is 0 Å². The summed E-state index contributed by atoms with van der Waals surface area (Å²) in [4.78, 5) is 11.1. The van der Waals surface area contributed by atoms with Crippen molar-refractivity contribution >= 4 is 17.5 Å². The van der Waals surface area contributed by atoms with Gasteiger partial charge in [0, 0.05) is 6.54 Å². The summed E-state index contributed by atoms with van der Waals surface area (Å²) in [5.74, 6) is 0.303. The number of alkyl halides is 1. The van der Waals surface area contributed by atoms with Gasteiger partial charge in [0.1, 0.15) is 5.38 Å². The van der Waals surface area contributed by atoms with Gasteiger partial charge in [-0.3, -0.25) is 4.79 Å². The van der Waals surface area contributed by atoms with Gasteiger partial charge in [-0.2, -0.15) is 0 Å². The first kappa shape index (κ1) is 10.8. The third-order valence-corrected chi connectivity index (χ3v) is 2.64. The van der Waals surface area contributed by atoms with E-state index in [0.29, 0.717) is 12.5 Å². The van der Waals surface area contributed by atoms with Crippen LogP contribution in [0.4, 0.5) is 0 Å². The monoisotopic (exact) mass is 205 g/mol. The largest absolute Gasteiger partial charge is 0.393 e. The number of nitrogens with one attached hydrogen (secondary N) is 1. The zero-order valence-electron chi connectivity index (χ0n) is 7.79. The molecule has 0 aliphatic heterocycles. The first-order valence-corrected chi connectivity index (χ1v) is 5.13. The fraction of sp³-hybridized carbons (Fsp3) is 0.889. The van der Waals surface area contributed by atoms with E-state index in [4.69, 9.17) is 11.6 Å². The first-order chi connectivity index (χ1) is 6.09. The average molecular weight is 206 g/mol. The molecule has 1 aliphatic carbocycles. The van der Waals surface area contributed by atoms with Gasteiger partial charge in [0.25, 0.3) is 0 Å². The van der Waals surface area contributed by atoms with Crippen LogP contribution in [0.1, 0.15) is 26.2 Å². The maximum Gasteiger partial charge on any atom is 0.237 e. The van der Waals surface area contributed by atoms with E-state index in [1.54, 1.807) is 6.92 Å². The number of rotatable bonds is 3. The summed E-state index contributed by atoms with van der Waals surface area (Å²) in [5, 5.41) is 11.5. The Morgan fingerprint density at radius 3 is 2.85 bits per heavy atom. The highest BCUT2D eigenvalue weighted by Gasteiger charge is 2.23. The number of aliphatic hydroxyl groups is 1. The molecule has 1 aliphatic rings. The summed E-state index contributed by atoms with van der Waals surface area (Å²) >= 11 is 5.58. The van der Waals surface area contributed by atoms with Crippen LogP contribution in [0.25, 0.3) is 0 Å². The first-order valence-electron chi connectivity index (χ1n) is 4.69. The standard InChI is InChI=1S/C9H16ClNO2/c1-6(10)9(13)11-5-7-2-3-8(12)4-7/h6-8,12H,2-5H2,1H3,(H,11,13). The molecule has 0 aromatic heterocycles. The molecule has 0 saturated heterocycles. The van der Waals surface area contributed by atoms with Gasteiger partial charge in [0.05, 0.1) is 6.10 Å². The van der Waals surface area contributed by atoms with Crippen LogP contribution in [0, 0.1) is 5.92 Å². The summed E-state index contributed by atoms with van der Waals surface area (Å²) in [6.07, 6.45) is 2.49. The molecule has 4 heteroatoms. The van der Waals surface area contributed by atoms with Crippen molar-refractivity contribution in [3.05, 3.63) is 0 Å². The Morgan fingerprint density at radius 1 is 1.69 bits per heavy atom. The smallest absolute Gasteiger partial charge is 0.237 e. The van der Waals surface area contributed by atoms with Gasteiger partial charge in [-0.15, -0.1) is 11.6 Å². The molecule has 1 fully saturated rings. The predicted octanol–water partition coefficient (Wildman–Crippen LogP) is 0.891. The number of amides is 1. The Bertz CT molecular complexity index is 184.